The normalized spacial score (nSPS) is 29.0. The highest BCUT2D eigenvalue weighted by Gasteiger charge is 2.36. The molecule has 1 atom stereocenters. The zero-order valence-corrected chi connectivity index (χ0v) is 10.9. The van der Waals surface area contributed by atoms with E-state index in [1.165, 1.54) is 0 Å². The Morgan fingerprint density at radius 2 is 1.82 bits per heavy atom. The molecule has 1 N–H and O–H groups in total. The van der Waals surface area contributed by atoms with Gasteiger partial charge in [0.1, 0.15) is 6.04 Å². The summed E-state index contributed by atoms with van der Waals surface area (Å²) in [7, 11) is 0. The Morgan fingerprint density at radius 3 is 2.35 bits per heavy atom. The Balaban J connectivity index is 1.90. The predicted octanol–water partition coefficient (Wildman–Crippen LogP) is 1.41. The molecule has 0 aliphatic carbocycles. The molecule has 4 nitrogen and oxygen atoms in total. The van der Waals surface area contributed by atoms with Crippen molar-refractivity contribution >= 4 is 5.97 Å². The summed E-state index contributed by atoms with van der Waals surface area (Å²) in [5, 5.41) is 9.20. The van der Waals surface area contributed by atoms with Gasteiger partial charge >= 0.3 is 5.97 Å². The molecule has 0 radical (unpaired) electrons. The Labute approximate surface area is 104 Å². The lowest BCUT2D eigenvalue weighted by Gasteiger charge is -2.39. The molecule has 0 bridgehead atoms. The van der Waals surface area contributed by atoms with Crippen LogP contribution in [-0.2, 0) is 4.79 Å². The van der Waals surface area contributed by atoms with Crippen LogP contribution in [-0.4, -0.2) is 58.6 Å². The highest BCUT2D eigenvalue weighted by atomic mass is 16.4. The summed E-state index contributed by atoms with van der Waals surface area (Å²) in [5.74, 6) is -0.631. The number of aliphatic carboxylic acids is 1. The Hall–Kier alpha value is -0.610. The molecule has 17 heavy (non-hydrogen) atoms. The lowest BCUT2D eigenvalue weighted by atomic mass is 10.0. The minimum absolute atomic E-state index is 0.217. The molecule has 0 saturated carbocycles. The first-order chi connectivity index (χ1) is 8.09. The van der Waals surface area contributed by atoms with Crippen LogP contribution in [0.4, 0.5) is 0 Å². The largest absolute Gasteiger partial charge is 0.480 e. The summed E-state index contributed by atoms with van der Waals surface area (Å²) in [5.41, 5.74) is 0. The van der Waals surface area contributed by atoms with Gasteiger partial charge in [-0.1, -0.05) is 0 Å². The Kier molecular flexibility index (Phi) is 4.05. The Morgan fingerprint density at radius 1 is 1.18 bits per heavy atom. The van der Waals surface area contributed by atoms with Gasteiger partial charge in [-0.15, -0.1) is 0 Å². The molecule has 2 aliphatic heterocycles. The molecule has 0 aromatic rings. The van der Waals surface area contributed by atoms with Gasteiger partial charge in [0, 0.05) is 12.1 Å². The molecule has 4 heteroatoms. The number of piperidine rings is 1. The SMILES string of the molecule is CC(C)N1CCC(N2CCC[C@@H]2C(=O)O)CC1. The van der Waals surface area contributed by atoms with Gasteiger partial charge in [-0.25, -0.2) is 0 Å². The minimum atomic E-state index is -0.631. The first kappa shape index (κ1) is 12.8. The van der Waals surface area contributed by atoms with Crippen LogP contribution in [0.1, 0.15) is 39.5 Å². The molecule has 0 aromatic heterocycles. The number of hydrogen-bond donors (Lipinski definition) is 1. The van der Waals surface area contributed by atoms with Crippen molar-refractivity contribution in [2.24, 2.45) is 0 Å². The van der Waals surface area contributed by atoms with E-state index < -0.39 is 5.97 Å². The minimum Gasteiger partial charge on any atom is -0.480 e. The lowest BCUT2D eigenvalue weighted by Crippen LogP contribution is -2.50. The van der Waals surface area contributed by atoms with E-state index in [4.69, 9.17) is 0 Å². The van der Waals surface area contributed by atoms with Gasteiger partial charge in [-0.05, 0) is 59.2 Å². The number of carboxylic acid groups (broad SMARTS) is 1. The molecular formula is C13H24N2O2. The van der Waals surface area contributed by atoms with Crippen molar-refractivity contribution in [3.63, 3.8) is 0 Å². The molecule has 2 fully saturated rings. The summed E-state index contributed by atoms with van der Waals surface area (Å²) in [6.45, 7) is 7.67. The number of rotatable bonds is 3. The van der Waals surface area contributed by atoms with E-state index in [1.807, 2.05) is 0 Å². The molecule has 0 spiro atoms. The molecule has 98 valence electrons. The van der Waals surface area contributed by atoms with Gasteiger partial charge in [0.25, 0.3) is 0 Å². The summed E-state index contributed by atoms with van der Waals surface area (Å²) in [6, 6.07) is 0.893. The average Bonchev–Trinajstić information content (AvgIpc) is 2.78. The topological polar surface area (TPSA) is 43.8 Å². The maximum absolute atomic E-state index is 11.2. The van der Waals surface area contributed by atoms with Gasteiger partial charge < -0.3 is 10.0 Å². The van der Waals surface area contributed by atoms with Crippen molar-refractivity contribution in [2.45, 2.75) is 57.7 Å². The van der Waals surface area contributed by atoms with Crippen LogP contribution in [0.5, 0.6) is 0 Å². The van der Waals surface area contributed by atoms with Gasteiger partial charge in [0.15, 0.2) is 0 Å². The van der Waals surface area contributed by atoms with E-state index in [-0.39, 0.29) is 6.04 Å². The van der Waals surface area contributed by atoms with Crippen molar-refractivity contribution in [3.8, 4) is 0 Å². The summed E-state index contributed by atoms with van der Waals surface area (Å²) >= 11 is 0. The van der Waals surface area contributed by atoms with Gasteiger partial charge in [0.05, 0.1) is 0 Å². The van der Waals surface area contributed by atoms with Crippen LogP contribution in [0, 0.1) is 0 Å². The van der Waals surface area contributed by atoms with Crippen molar-refractivity contribution in [2.75, 3.05) is 19.6 Å². The monoisotopic (exact) mass is 240 g/mol. The highest BCUT2D eigenvalue weighted by Crippen LogP contribution is 2.26. The van der Waals surface area contributed by atoms with Crippen LogP contribution in [0.3, 0.4) is 0 Å². The van der Waals surface area contributed by atoms with E-state index in [0.717, 1.165) is 45.3 Å². The maximum atomic E-state index is 11.2. The smallest absolute Gasteiger partial charge is 0.320 e. The number of hydrogen-bond acceptors (Lipinski definition) is 3. The number of carbonyl (C=O) groups is 1. The van der Waals surface area contributed by atoms with Gasteiger partial charge in [-0.3, -0.25) is 9.69 Å². The van der Waals surface area contributed by atoms with E-state index in [1.54, 1.807) is 0 Å². The van der Waals surface area contributed by atoms with Crippen molar-refractivity contribution in [3.05, 3.63) is 0 Å². The molecule has 0 amide bonds. The second-order valence-electron chi connectivity index (χ2n) is 5.59. The van der Waals surface area contributed by atoms with E-state index in [9.17, 15) is 9.90 Å². The van der Waals surface area contributed by atoms with E-state index in [2.05, 4.69) is 23.6 Å². The van der Waals surface area contributed by atoms with Crippen LogP contribution in [0.15, 0.2) is 0 Å². The number of likely N-dealkylation sites (tertiary alicyclic amines) is 2. The third kappa shape index (κ3) is 2.80. The molecule has 0 unspecified atom stereocenters. The fourth-order valence-electron chi connectivity index (χ4n) is 3.23. The second-order valence-corrected chi connectivity index (χ2v) is 5.59. The van der Waals surface area contributed by atoms with Crippen LogP contribution >= 0.6 is 0 Å². The molecule has 2 heterocycles. The van der Waals surface area contributed by atoms with Crippen molar-refractivity contribution in [1.82, 2.24) is 9.80 Å². The average molecular weight is 240 g/mol. The second kappa shape index (κ2) is 5.36. The molecule has 2 saturated heterocycles. The van der Waals surface area contributed by atoms with Crippen LogP contribution in [0.25, 0.3) is 0 Å². The summed E-state index contributed by atoms with van der Waals surface area (Å²) in [4.78, 5) is 15.9. The standard InChI is InChI=1S/C13H24N2O2/c1-10(2)14-8-5-11(6-9-14)15-7-3-4-12(15)13(16)17/h10-12H,3-9H2,1-2H3,(H,16,17)/t12-/m1/s1. The lowest BCUT2D eigenvalue weighted by molar-refractivity contribution is -0.143. The third-order valence-electron chi connectivity index (χ3n) is 4.28. The van der Waals surface area contributed by atoms with Crippen molar-refractivity contribution < 1.29 is 9.90 Å². The Bertz CT molecular complexity index is 273. The zero-order valence-electron chi connectivity index (χ0n) is 10.9. The molecular weight excluding hydrogens is 216 g/mol. The highest BCUT2D eigenvalue weighted by molar-refractivity contribution is 5.73. The third-order valence-corrected chi connectivity index (χ3v) is 4.28. The van der Waals surface area contributed by atoms with Gasteiger partial charge in [-0.2, -0.15) is 0 Å². The number of nitrogens with zero attached hydrogens (tertiary/aromatic N) is 2. The first-order valence-corrected chi connectivity index (χ1v) is 6.82. The maximum Gasteiger partial charge on any atom is 0.320 e. The predicted molar refractivity (Wildman–Crippen MR) is 67.1 cm³/mol. The van der Waals surface area contributed by atoms with Crippen molar-refractivity contribution in [1.29, 1.82) is 0 Å². The van der Waals surface area contributed by atoms with E-state index in [0.29, 0.717) is 12.1 Å². The number of carboxylic acids is 1. The zero-order chi connectivity index (χ0) is 12.4. The van der Waals surface area contributed by atoms with E-state index >= 15 is 0 Å². The molecule has 2 aliphatic rings. The van der Waals surface area contributed by atoms with Crippen LogP contribution in [0.2, 0.25) is 0 Å². The molecule has 0 aromatic carbocycles. The molecule has 2 rings (SSSR count). The van der Waals surface area contributed by atoms with Crippen LogP contribution < -0.4 is 0 Å². The quantitative estimate of drug-likeness (QED) is 0.810. The van der Waals surface area contributed by atoms with Gasteiger partial charge in [0.2, 0.25) is 0 Å². The first-order valence-electron chi connectivity index (χ1n) is 6.82. The summed E-state index contributed by atoms with van der Waals surface area (Å²) < 4.78 is 0. The fraction of sp³-hybridized carbons (Fsp3) is 0.923. The summed E-state index contributed by atoms with van der Waals surface area (Å²) in [6.07, 6.45) is 4.13. The fourth-order valence-corrected chi connectivity index (χ4v) is 3.23.